The lowest BCUT2D eigenvalue weighted by Gasteiger charge is -2.23. The molecule has 1 aromatic heterocycles. The van der Waals surface area contributed by atoms with Gasteiger partial charge in [-0.2, -0.15) is 0 Å². The molecule has 3 aromatic rings. The highest BCUT2D eigenvalue weighted by Crippen LogP contribution is 2.38. The SMILES string of the molecule is CCN(CC)CCN(C(=O)/C=C/c1ccccc1)c1nc2cc3c(cc2s1)OCCO3. The number of amides is 1. The number of benzene rings is 2. The molecule has 2 aromatic carbocycles. The smallest absolute Gasteiger partial charge is 0.252 e. The van der Waals surface area contributed by atoms with Crippen molar-refractivity contribution in [2.45, 2.75) is 13.8 Å². The number of fused-ring (bicyclic) bond motifs is 2. The maximum Gasteiger partial charge on any atom is 0.252 e. The second-order valence-corrected chi connectivity index (χ2v) is 8.23. The molecule has 6 nitrogen and oxygen atoms in total. The number of aromatic nitrogens is 1. The van der Waals surface area contributed by atoms with Gasteiger partial charge in [-0.15, -0.1) is 0 Å². The van der Waals surface area contributed by atoms with Crippen LogP contribution in [0, 0.1) is 0 Å². The summed E-state index contributed by atoms with van der Waals surface area (Å²) in [7, 11) is 0. The van der Waals surface area contributed by atoms with Crippen LogP contribution in [0.25, 0.3) is 16.3 Å². The third-order valence-electron chi connectivity index (χ3n) is 5.29. The Morgan fingerprint density at radius 3 is 2.48 bits per heavy atom. The first-order chi connectivity index (χ1) is 15.2. The van der Waals surface area contributed by atoms with Gasteiger partial charge in [0, 0.05) is 31.3 Å². The first kappa shape index (κ1) is 21.3. The molecule has 0 aliphatic carbocycles. The molecule has 7 heteroatoms. The number of hydrogen-bond donors (Lipinski definition) is 0. The van der Waals surface area contributed by atoms with E-state index in [1.54, 1.807) is 11.0 Å². The molecule has 0 fully saturated rings. The molecular formula is C24H27N3O3S. The monoisotopic (exact) mass is 437 g/mol. The van der Waals surface area contributed by atoms with Crippen LogP contribution < -0.4 is 14.4 Å². The number of ether oxygens (including phenoxy) is 2. The van der Waals surface area contributed by atoms with E-state index in [4.69, 9.17) is 14.5 Å². The molecule has 4 rings (SSSR count). The molecule has 0 saturated heterocycles. The van der Waals surface area contributed by atoms with Gasteiger partial charge in [0.15, 0.2) is 16.6 Å². The van der Waals surface area contributed by atoms with Crippen molar-refractivity contribution in [1.82, 2.24) is 9.88 Å². The molecule has 0 bridgehead atoms. The molecule has 0 N–H and O–H groups in total. The minimum absolute atomic E-state index is 0.0765. The lowest BCUT2D eigenvalue weighted by atomic mass is 10.2. The van der Waals surface area contributed by atoms with Gasteiger partial charge in [0.05, 0.1) is 10.2 Å². The standard InChI is InChI=1S/C24H27N3O3S/c1-3-26(4-2)12-13-27(23(28)11-10-18-8-6-5-7-9-18)24-25-19-16-20-21(17-22(19)31-24)30-15-14-29-20/h5-11,16-17H,3-4,12-15H2,1-2H3/b11-10+. The molecule has 31 heavy (non-hydrogen) atoms. The van der Waals surface area contributed by atoms with Crippen molar-refractivity contribution in [2.24, 2.45) is 0 Å². The molecule has 0 spiro atoms. The summed E-state index contributed by atoms with van der Waals surface area (Å²) in [4.78, 5) is 22.0. The van der Waals surface area contributed by atoms with E-state index < -0.39 is 0 Å². The lowest BCUT2D eigenvalue weighted by Crippen LogP contribution is -2.38. The van der Waals surface area contributed by atoms with E-state index in [-0.39, 0.29) is 5.91 Å². The van der Waals surface area contributed by atoms with E-state index in [0.29, 0.717) is 30.6 Å². The van der Waals surface area contributed by atoms with Crippen molar-refractivity contribution in [1.29, 1.82) is 0 Å². The Hall–Kier alpha value is -2.90. The summed E-state index contributed by atoms with van der Waals surface area (Å²) in [6, 6.07) is 13.7. The van der Waals surface area contributed by atoms with Crippen LogP contribution in [-0.2, 0) is 4.79 Å². The highest BCUT2D eigenvalue weighted by Gasteiger charge is 2.21. The second-order valence-electron chi connectivity index (χ2n) is 7.22. The number of carbonyl (C=O) groups is 1. The van der Waals surface area contributed by atoms with Crippen molar-refractivity contribution in [2.75, 3.05) is 44.3 Å². The predicted molar refractivity (Wildman–Crippen MR) is 126 cm³/mol. The van der Waals surface area contributed by atoms with E-state index >= 15 is 0 Å². The number of rotatable bonds is 8. The van der Waals surface area contributed by atoms with Crippen molar-refractivity contribution in [3.8, 4) is 11.5 Å². The Kier molecular flexibility index (Phi) is 6.84. The molecular weight excluding hydrogens is 410 g/mol. The van der Waals surface area contributed by atoms with E-state index in [9.17, 15) is 4.79 Å². The normalized spacial score (nSPS) is 13.3. The summed E-state index contributed by atoms with van der Waals surface area (Å²) in [5, 5.41) is 0.687. The zero-order chi connectivity index (χ0) is 21.6. The minimum atomic E-state index is -0.0765. The van der Waals surface area contributed by atoms with Crippen molar-refractivity contribution < 1.29 is 14.3 Å². The molecule has 1 aliphatic heterocycles. The molecule has 162 valence electrons. The number of hydrogen-bond acceptors (Lipinski definition) is 6. The molecule has 2 heterocycles. The maximum absolute atomic E-state index is 13.2. The van der Waals surface area contributed by atoms with Crippen LogP contribution in [0.5, 0.6) is 11.5 Å². The average Bonchev–Trinajstić information content (AvgIpc) is 3.21. The molecule has 1 aliphatic rings. The number of anilines is 1. The summed E-state index contributed by atoms with van der Waals surface area (Å²) < 4.78 is 12.4. The molecule has 0 radical (unpaired) electrons. The summed E-state index contributed by atoms with van der Waals surface area (Å²) in [6.07, 6.45) is 3.47. The molecule has 1 amide bonds. The van der Waals surface area contributed by atoms with Gasteiger partial charge in [-0.1, -0.05) is 55.5 Å². The van der Waals surface area contributed by atoms with Gasteiger partial charge >= 0.3 is 0 Å². The Labute approximate surface area is 186 Å². The van der Waals surface area contributed by atoms with E-state index in [0.717, 1.165) is 41.2 Å². The van der Waals surface area contributed by atoms with Crippen molar-refractivity contribution >= 4 is 38.7 Å². The Bertz CT molecular complexity index is 1020. The van der Waals surface area contributed by atoms with Crippen LogP contribution in [0.2, 0.25) is 0 Å². The topological polar surface area (TPSA) is 54.9 Å². The number of thiazole rings is 1. The molecule has 0 atom stereocenters. The number of likely N-dealkylation sites (N-methyl/N-ethyl adjacent to an activating group) is 1. The highest BCUT2D eigenvalue weighted by molar-refractivity contribution is 7.22. The highest BCUT2D eigenvalue weighted by atomic mass is 32.1. The van der Waals surface area contributed by atoms with Crippen LogP contribution in [0.15, 0.2) is 48.5 Å². The first-order valence-corrected chi connectivity index (χ1v) is 11.5. The van der Waals surface area contributed by atoms with Crippen LogP contribution in [0.4, 0.5) is 5.13 Å². The minimum Gasteiger partial charge on any atom is -0.486 e. The van der Waals surface area contributed by atoms with Gasteiger partial charge < -0.3 is 14.4 Å². The van der Waals surface area contributed by atoms with Gasteiger partial charge in [0.2, 0.25) is 0 Å². The summed E-state index contributed by atoms with van der Waals surface area (Å²) >= 11 is 1.50. The fourth-order valence-electron chi connectivity index (χ4n) is 3.47. The first-order valence-electron chi connectivity index (χ1n) is 10.6. The van der Waals surface area contributed by atoms with Crippen LogP contribution in [0.3, 0.4) is 0 Å². The predicted octanol–water partition coefficient (Wildman–Crippen LogP) is 4.46. The molecule has 0 unspecified atom stereocenters. The van der Waals surface area contributed by atoms with E-state index in [1.165, 1.54) is 11.3 Å². The summed E-state index contributed by atoms with van der Waals surface area (Å²) in [5.74, 6) is 1.37. The Morgan fingerprint density at radius 2 is 1.77 bits per heavy atom. The Morgan fingerprint density at radius 1 is 1.06 bits per heavy atom. The average molecular weight is 438 g/mol. The summed E-state index contributed by atoms with van der Waals surface area (Å²) in [5.41, 5.74) is 1.81. The second kappa shape index (κ2) is 9.94. The van der Waals surface area contributed by atoms with Gasteiger partial charge in [-0.25, -0.2) is 4.98 Å². The fraction of sp³-hybridized carbons (Fsp3) is 0.333. The fourth-order valence-corrected chi connectivity index (χ4v) is 4.48. The number of nitrogens with zero attached hydrogens (tertiary/aromatic N) is 3. The molecule has 0 saturated carbocycles. The van der Waals surface area contributed by atoms with E-state index in [1.807, 2.05) is 48.5 Å². The third-order valence-corrected chi connectivity index (χ3v) is 6.33. The largest absolute Gasteiger partial charge is 0.486 e. The summed E-state index contributed by atoms with van der Waals surface area (Å²) in [6.45, 7) is 8.60. The number of carbonyl (C=O) groups excluding carboxylic acids is 1. The zero-order valence-electron chi connectivity index (χ0n) is 17.9. The van der Waals surface area contributed by atoms with Gasteiger partial charge in [0.25, 0.3) is 5.91 Å². The quantitative estimate of drug-likeness (QED) is 0.487. The zero-order valence-corrected chi connectivity index (χ0v) is 18.7. The van der Waals surface area contributed by atoms with E-state index in [2.05, 4.69) is 18.7 Å². The van der Waals surface area contributed by atoms with Gasteiger partial charge in [0.1, 0.15) is 13.2 Å². The van der Waals surface area contributed by atoms with Gasteiger partial charge in [-0.05, 0) is 24.7 Å². The van der Waals surface area contributed by atoms with Crippen molar-refractivity contribution in [3.05, 3.63) is 54.1 Å². The van der Waals surface area contributed by atoms with Crippen molar-refractivity contribution in [3.63, 3.8) is 0 Å². The Balaban J connectivity index is 1.62. The van der Waals surface area contributed by atoms with Crippen LogP contribution in [0.1, 0.15) is 19.4 Å². The lowest BCUT2D eigenvalue weighted by molar-refractivity contribution is -0.114. The van der Waals surface area contributed by atoms with Crippen LogP contribution in [-0.4, -0.2) is 55.2 Å². The van der Waals surface area contributed by atoms with Crippen LogP contribution >= 0.6 is 11.3 Å². The van der Waals surface area contributed by atoms with Gasteiger partial charge in [-0.3, -0.25) is 9.69 Å². The maximum atomic E-state index is 13.2. The third kappa shape index (κ3) is 5.06.